The van der Waals surface area contributed by atoms with Gasteiger partial charge in [0.1, 0.15) is 11.6 Å². The summed E-state index contributed by atoms with van der Waals surface area (Å²) in [7, 11) is 0. The second-order valence-electron chi connectivity index (χ2n) is 7.10. The highest BCUT2D eigenvalue weighted by atomic mass is 16.1. The van der Waals surface area contributed by atoms with E-state index < -0.39 is 5.91 Å². The van der Waals surface area contributed by atoms with Crippen LogP contribution in [-0.2, 0) is 0 Å². The highest BCUT2D eigenvalue weighted by molar-refractivity contribution is 5.96. The van der Waals surface area contributed by atoms with E-state index in [4.69, 9.17) is 5.73 Å². The van der Waals surface area contributed by atoms with Gasteiger partial charge in [-0.25, -0.2) is 15.0 Å². The number of hydrogen-bond donors (Lipinski definition) is 3. The molecule has 2 fully saturated rings. The number of nitrogens with one attached hydrogen (secondary N) is 2. The fourth-order valence-corrected chi connectivity index (χ4v) is 3.61. The second-order valence-corrected chi connectivity index (χ2v) is 7.10. The standard InChI is InChI=1S/C19H26N8O/c20-18(28)17-19(25-16(13-23-17)27-8-2-1-3-9-27)24-15-5-4-14(12-22-15)26-10-6-21-7-11-26/h4-5,12-13,21H,1-3,6-11H2,(H2,20,28)(H,22,24,25). The zero-order valence-corrected chi connectivity index (χ0v) is 15.9. The van der Waals surface area contributed by atoms with E-state index in [9.17, 15) is 4.79 Å². The SMILES string of the molecule is NC(=O)c1ncc(N2CCCCC2)nc1Nc1ccc(N2CCNCC2)cn1. The molecule has 4 N–H and O–H groups in total. The average molecular weight is 382 g/mol. The van der Waals surface area contributed by atoms with E-state index in [1.807, 2.05) is 18.3 Å². The molecule has 28 heavy (non-hydrogen) atoms. The summed E-state index contributed by atoms with van der Waals surface area (Å²) >= 11 is 0. The molecule has 0 atom stereocenters. The van der Waals surface area contributed by atoms with Crippen molar-refractivity contribution in [3.05, 3.63) is 30.2 Å². The van der Waals surface area contributed by atoms with E-state index >= 15 is 0 Å². The normalized spacial score (nSPS) is 17.4. The number of aromatic nitrogens is 3. The molecule has 148 valence electrons. The van der Waals surface area contributed by atoms with Crippen LogP contribution in [-0.4, -0.2) is 60.1 Å². The molecule has 0 spiro atoms. The molecular formula is C19H26N8O. The fraction of sp³-hybridized carbons (Fsp3) is 0.474. The summed E-state index contributed by atoms with van der Waals surface area (Å²) in [6.07, 6.45) is 6.96. The number of amides is 1. The van der Waals surface area contributed by atoms with E-state index in [0.29, 0.717) is 11.6 Å². The Balaban J connectivity index is 1.54. The van der Waals surface area contributed by atoms with E-state index in [-0.39, 0.29) is 5.69 Å². The van der Waals surface area contributed by atoms with Crippen LogP contribution < -0.4 is 26.2 Å². The minimum Gasteiger partial charge on any atom is -0.368 e. The molecule has 9 nitrogen and oxygen atoms in total. The Morgan fingerprint density at radius 3 is 2.46 bits per heavy atom. The van der Waals surface area contributed by atoms with E-state index in [1.54, 1.807) is 6.20 Å². The van der Waals surface area contributed by atoms with Gasteiger partial charge < -0.3 is 26.2 Å². The zero-order valence-electron chi connectivity index (χ0n) is 15.9. The fourth-order valence-electron chi connectivity index (χ4n) is 3.61. The van der Waals surface area contributed by atoms with Crippen LogP contribution >= 0.6 is 0 Å². The summed E-state index contributed by atoms with van der Waals surface area (Å²) in [4.78, 5) is 29.6. The average Bonchev–Trinajstić information content (AvgIpc) is 2.75. The van der Waals surface area contributed by atoms with Crippen LogP contribution in [0.4, 0.5) is 23.1 Å². The molecule has 0 unspecified atom stereocenters. The number of piperazine rings is 1. The molecule has 0 aromatic carbocycles. The van der Waals surface area contributed by atoms with Gasteiger partial charge in [-0.05, 0) is 31.4 Å². The molecular weight excluding hydrogens is 356 g/mol. The van der Waals surface area contributed by atoms with Crippen LogP contribution in [0.1, 0.15) is 29.8 Å². The largest absolute Gasteiger partial charge is 0.368 e. The number of hydrogen-bond acceptors (Lipinski definition) is 8. The van der Waals surface area contributed by atoms with E-state index in [0.717, 1.165) is 63.6 Å². The third-order valence-corrected chi connectivity index (χ3v) is 5.15. The van der Waals surface area contributed by atoms with Crippen molar-refractivity contribution in [1.29, 1.82) is 0 Å². The third kappa shape index (κ3) is 4.14. The number of pyridine rings is 1. The van der Waals surface area contributed by atoms with Crippen molar-refractivity contribution in [3.8, 4) is 0 Å². The molecule has 2 saturated heterocycles. The maximum atomic E-state index is 11.8. The topological polar surface area (TPSA) is 112 Å². The van der Waals surface area contributed by atoms with Gasteiger partial charge in [-0.3, -0.25) is 4.79 Å². The number of nitrogens with two attached hydrogens (primary N) is 1. The van der Waals surface area contributed by atoms with Crippen molar-refractivity contribution in [2.75, 3.05) is 54.4 Å². The summed E-state index contributed by atoms with van der Waals surface area (Å²) < 4.78 is 0. The molecule has 0 bridgehead atoms. The Labute approximate surface area is 164 Å². The van der Waals surface area contributed by atoms with E-state index in [1.165, 1.54) is 6.42 Å². The number of rotatable bonds is 5. The van der Waals surface area contributed by atoms with Gasteiger partial charge >= 0.3 is 0 Å². The van der Waals surface area contributed by atoms with Crippen molar-refractivity contribution >= 4 is 29.0 Å². The predicted molar refractivity (Wildman–Crippen MR) is 109 cm³/mol. The van der Waals surface area contributed by atoms with Gasteiger partial charge in [0.15, 0.2) is 11.5 Å². The Kier molecular flexibility index (Phi) is 5.52. The first-order valence-corrected chi connectivity index (χ1v) is 9.81. The van der Waals surface area contributed by atoms with Crippen LogP contribution in [0.15, 0.2) is 24.5 Å². The first-order chi connectivity index (χ1) is 13.7. The summed E-state index contributed by atoms with van der Waals surface area (Å²) in [6.45, 7) is 5.76. The number of carbonyl (C=O) groups excluding carboxylic acids is 1. The summed E-state index contributed by atoms with van der Waals surface area (Å²) in [5.41, 5.74) is 6.69. The predicted octanol–water partition coefficient (Wildman–Crippen LogP) is 1.11. The smallest absolute Gasteiger partial charge is 0.271 e. The van der Waals surface area contributed by atoms with Gasteiger partial charge in [0.25, 0.3) is 5.91 Å². The molecule has 4 rings (SSSR count). The maximum Gasteiger partial charge on any atom is 0.271 e. The van der Waals surface area contributed by atoms with Gasteiger partial charge in [0.2, 0.25) is 0 Å². The van der Waals surface area contributed by atoms with Crippen LogP contribution in [0.5, 0.6) is 0 Å². The Bertz CT molecular complexity index is 813. The van der Waals surface area contributed by atoms with Crippen molar-refractivity contribution < 1.29 is 4.79 Å². The Hall–Kier alpha value is -2.94. The van der Waals surface area contributed by atoms with Crippen LogP contribution in [0.25, 0.3) is 0 Å². The summed E-state index contributed by atoms with van der Waals surface area (Å²) in [5, 5.41) is 6.46. The molecule has 2 aliphatic heterocycles. The monoisotopic (exact) mass is 382 g/mol. The van der Waals surface area contributed by atoms with Crippen LogP contribution in [0.3, 0.4) is 0 Å². The molecule has 9 heteroatoms. The summed E-state index contributed by atoms with van der Waals surface area (Å²) in [5.74, 6) is 1.09. The number of carbonyl (C=O) groups is 1. The second kappa shape index (κ2) is 8.39. The lowest BCUT2D eigenvalue weighted by atomic mass is 10.1. The van der Waals surface area contributed by atoms with Gasteiger partial charge in [-0.15, -0.1) is 0 Å². The van der Waals surface area contributed by atoms with Crippen LogP contribution in [0.2, 0.25) is 0 Å². The number of primary amides is 1. The minimum absolute atomic E-state index is 0.119. The Morgan fingerprint density at radius 1 is 1.00 bits per heavy atom. The third-order valence-electron chi connectivity index (χ3n) is 5.15. The van der Waals surface area contributed by atoms with Gasteiger partial charge in [0.05, 0.1) is 18.1 Å². The van der Waals surface area contributed by atoms with Crippen molar-refractivity contribution in [3.63, 3.8) is 0 Å². The lowest BCUT2D eigenvalue weighted by Gasteiger charge is -2.29. The zero-order chi connectivity index (χ0) is 19.3. The highest BCUT2D eigenvalue weighted by Crippen LogP contribution is 2.23. The van der Waals surface area contributed by atoms with Crippen molar-refractivity contribution in [2.45, 2.75) is 19.3 Å². The molecule has 2 aromatic heterocycles. The lowest BCUT2D eigenvalue weighted by molar-refractivity contribution is 0.0996. The lowest BCUT2D eigenvalue weighted by Crippen LogP contribution is -2.43. The molecule has 2 aromatic rings. The molecule has 0 saturated carbocycles. The molecule has 1 amide bonds. The minimum atomic E-state index is -0.613. The molecule has 4 heterocycles. The first kappa shape index (κ1) is 18.4. The van der Waals surface area contributed by atoms with Crippen LogP contribution in [0, 0.1) is 0 Å². The number of piperidine rings is 1. The van der Waals surface area contributed by atoms with Crippen molar-refractivity contribution in [1.82, 2.24) is 20.3 Å². The number of anilines is 4. The Morgan fingerprint density at radius 2 is 1.79 bits per heavy atom. The molecule has 0 radical (unpaired) electrons. The quantitative estimate of drug-likeness (QED) is 0.705. The number of nitrogens with zero attached hydrogens (tertiary/aromatic N) is 5. The first-order valence-electron chi connectivity index (χ1n) is 9.81. The van der Waals surface area contributed by atoms with Gasteiger partial charge in [-0.1, -0.05) is 0 Å². The van der Waals surface area contributed by atoms with Gasteiger partial charge in [0, 0.05) is 39.3 Å². The summed E-state index contributed by atoms with van der Waals surface area (Å²) in [6, 6.07) is 3.91. The molecule has 2 aliphatic rings. The van der Waals surface area contributed by atoms with Gasteiger partial charge in [-0.2, -0.15) is 0 Å². The maximum absolute atomic E-state index is 11.8. The highest BCUT2D eigenvalue weighted by Gasteiger charge is 2.18. The molecule has 0 aliphatic carbocycles. The van der Waals surface area contributed by atoms with E-state index in [2.05, 4.69) is 35.4 Å². The van der Waals surface area contributed by atoms with Crippen molar-refractivity contribution in [2.24, 2.45) is 5.73 Å².